The van der Waals surface area contributed by atoms with Crippen molar-refractivity contribution in [2.45, 2.75) is 58.1 Å². The van der Waals surface area contributed by atoms with E-state index in [1.54, 1.807) is 17.0 Å². The highest BCUT2D eigenvalue weighted by molar-refractivity contribution is 5.89. The molecule has 1 unspecified atom stereocenters. The Balaban J connectivity index is 1.53. The average Bonchev–Trinajstić information content (AvgIpc) is 2.59. The summed E-state index contributed by atoms with van der Waals surface area (Å²) in [7, 11) is 0. The zero-order valence-electron chi connectivity index (χ0n) is 14.9. The Morgan fingerprint density at radius 2 is 1.88 bits per heavy atom. The minimum Gasteiger partial charge on any atom is -0.491 e. The number of carbonyl (C=O) groups excluding carboxylic acids is 1. The maximum absolute atomic E-state index is 12.3. The normalized spacial score (nSPS) is 26.7. The molecule has 1 aromatic rings. The van der Waals surface area contributed by atoms with Crippen molar-refractivity contribution in [2.24, 2.45) is 5.92 Å². The van der Waals surface area contributed by atoms with Gasteiger partial charge in [0, 0.05) is 5.92 Å². The predicted molar refractivity (Wildman–Crippen MR) is 93.5 cm³/mol. The minimum absolute atomic E-state index is 0.134. The number of esters is 1. The second kappa shape index (κ2) is 8.02. The molecule has 3 rings (SSSR count). The first-order valence-electron chi connectivity index (χ1n) is 9.42. The third-order valence-corrected chi connectivity index (χ3v) is 5.32. The van der Waals surface area contributed by atoms with Gasteiger partial charge >= 0.3 is 5.97 Å². The van der Waals surface area contributed by atoms with Crippen LogP contribution < -0.4 is 9.64 Å². The second-order valence-electron chi connectivity index (χ2n) is 7.45. The van der Waals surface area contributed by atoms with Gasteiger partial charge in [0.05, 0.1) is 30.8 Å². The SMILES string of the molecule is CC(C)Oc1ccc(C(=O)OC[C@H]2CCC[NH+]3CCCC[C@@H]23)cc1. The molecule has 4 heteroatoms. The van der Waals surface area contributed by atoms with E-state index in [-0.39, 0.29) is 12.1 Å². The first-order valence-corrected chi connectivity index (χ1v) is 9.42. The van der Waals surface area contributed by atoms with Crippen molar-refractivity contribution in [3.05, 3.63) is 29.8 Å². The van der Waals surface area contributed by atoms with E-state index in [0.29, 0.717) is 24.1 Å². The number of ether oxygens (including phenoxy) is 2. The van der Waals surface area contributed by atoms with Crippen molar-refractivity contribution < 1.29 is 19.2 Å². The molecule has 132 valence electrons. The molecule has 0 aliphatic carbocycles. The summed E-state index contributed by atoms with van der Waals surface area (Å²) < 4.78 is 11.3. The molecule has 1 aromatic carbocycles. The number of benzene rings is 1. The molecule has 0 aromatic heterocycles. The summed E-state index contributed by atoms with van der Waals surface area (Å²) in [5, 5.41) is 0. The molecular weight excluding hydrogens is 302 g/mol. The van der Waals surface area contributed by atoms with Crippen molar-refractivity contribution >= 4 is 5.97 Å². The van der Waals surface area contributed by atoms with E-state index >= 15 is 0 Å². The van der Waals surface area contributed by atoms with Crippen LogP contribution in [0.4, 0.5) is 0 Å². The number of fused-ring (bicyclic) bond motifs is 1. The lowest BCUT2D eigenvalue weighted by Gasteiger charge is -2.40. The van der Waals surface area contributed by atoms with Crippen molar-refractivity contribution in [3.63, 3.8) is 0 Å². The maximum Gasteiger partial charge on any atom is 0.338 e. The van der Waals surface area contributed by atoms with Gasteiger partial charge in [-0.3, -0.25) is 0 Å². The summed E-state index contributed by atoms with van der Waals surface area (Å²) in [5.74, 6) is 1.10. The van der Waals surface area contributed by atoms with Gasteiger partial charge in [-0.1, -0.05) is 0 Å². The van der Waals surface area contributed by atoms with Gasteiger partial charge in [0.15, 0.2) is 0 Å². The Labute approximate surface area is 145 Å². The van der Waals surface area contributed by atoms with Crippen LogP contribution in [0, 0.1) is 5.92 Å². The molecule has 0 saturated carbocycles. The minimum atomic E-state index is -0.214. The van der Waals surface area contributed by atoms with Crippen LogP contribution in [0.2, 0.25) is 0 Å². The van der Waals surface area contributed by atoms with Crippen LogP contribution >= 0.6 is 0 Å². The number of carbonyl (C=O) groups is 1. The van der Waals surface area contributed by atoms with Crippen LogP contribution in [0.5, 0.6) is 5.75 Å². The third-order valence-electron chi connectivity index (χ3n) is 5.32. The molecule has 0 bridgehead atoms. The van der Waals surface area contributed by atoms with Crippen molar-refractivity contribution in [1.82, 2.24) is 0 Å². The largest absolute Gasteiger partial charge is 0.491 e. The first kappa shape index (κ1) is 17.3. The quantitative estimate of drug-likeness (QED) is 0.842. The molecular formula is C20H30NO3+. The summed E-state index contributed by atoms with van der Waals surface area (Å²) >= 11 is 0. The Morgan fingerprint density at radius 1 is 1.12 bits per heavy atom. The van der Waals surface area contributed by atoms with E-state index < -0.39 is 0 Å². The van der Waals surface area contributed by atoms with Crippen molar-refractivity contribution in [3.8, 4) is 5.75 Å². The lowest BCUT2D eigenvalue weighted by Crippen LogP contribution is -3.18. The molecule has 2 aliphatic rings. The topological polar surface area (TPSA) is 40.0 Å². The molecule has 4 nitrogen and oxygen atoms in total. The Kier molecular flexibility index (Phi) is 5.77. The zero-order chi connectivity index (χ0) is 16.9. The number of quaternary nitrogens is 1. The summed E-state index contributed by atoms with van der Waals surface area (Å²) in [6.07, 6.45) is 6.56. The Hall–Kier alpha value is -1.55. The highest BCUT2D eigenvalue weighted by Gasteiger charge is 2.37. The van der Waals surface area contributed by atoms with E-state index in [2.05, 4.69) is 0 Å². The molecule has 2 heterocycles. The summed E-state index contributed by atoms with van der Waals surface area (Å²) in [4.78, 5) is 14.1. The fourth-order valence-corrected chi connectivity index (χ4v) is 4.19. The smallest absolute Gasteiger partial charge is 0.338 e. The highest BCUT2D eigenvalue weighted by Crippen LogP contribution is 2.21. The standard InChI is InChI=1S/C20H29NO3/c1-15(2)24-18-10-8-16(9-11-18)20(22)23-14-17-6-5-13-21-12-4-3-7-19(17)21/h8-11,15,17,19H,3-7,12-14H2,1-2H3/p+1/t17-,19+/m1/s1. The molecule has 24 heavy (non-hydrogen) atoms. The van der Waals surface area contributed by atoms with E-state index in [0.717, 1.165) is 5.75 Å². The fraction of sp³-hybridized carbons (Fsp3) is 0.650. The molecule has 0 spiro atoms. The van der Waals surface area contributed by atoms with E-state index in [9.17, 15) is 4.79 Å². The molecule has 0 radical (unpaired) electrons. The summed E-state index contributed by atoms with van der Waals surface area (Å²) in [6, 6.07) is 7.95. The van der Waals surface area contributed by atoms with Gasteiger partial charge in [-0.05, 0) is 70.2 Å². The van der Waals surface area contributed by atoms with Crippen LogP contribution in [-0.4, -0.2) is 37.8 Å². The summed E-state index contributed by atoms with van der Waals surface area (Å²) in [5.41, 5.74) is 0.606. The average molecular weight is 332 g/mol. The molecule has 3 atom stereocenters. The predicted octanol–water partition coefficient (Wildman–Crippen LogP) is 2.48. The second-order valence-corrected chi connectivity index (χ2v) is 7.45. The van der Waals surface area contributed by atoms with Crippen LogP contribution in [0.1, 0.15) is 56.3 Å². The lowest BCUT2D eigenvalue weighted by atomic mass is 9.84. The van der Waals surface area contributed by atoms with Gasteiger partial charge in [-0.15, -0.1) is 0 Å². The molecule has 0 amide bonds. The number of rotatable bonds is 5. The van der Waals surface area contributed by atoms with Crippen LogP contribution in [0.3, 0.4) is 0 Å². The zero-order valence-corrected chi connectivity index (χ0v) is 14.9. The molecule has 2 aliphatic heterocycles. The van der Waals surface area contributed by atoms with Gasteiger partial charge in [-0.25, -0.2) is 4.79 Å². The maximum atomic E-state index is 12.3. The van der Waals surface area contributed by atoms with E-state index in [1.807, 2.05) is 26.0 Å². The lowest BCUT2D eigenvalue weighted by molar-refractivity contribution is -0.940. The summed E-state index contributed by atoms with van der Waals surface area (Å²) in [6.45, 7) is 7.14. The fourth-order valence-electron chi connectivity index (χ4n) is 4.19. The monoisotopic (exact) mass is 332 g/mol. The first-order chi connectivity index (χ1) is 11.6. The molecule has 1 N–H and O–H groups in total. The third kappa shape index (κ3) is 4.29. The van der Waals surface area contributed by atoms with E-state index in [1.165, 1.54) is 45.2 Å². The van der Waals surface area contributed by atoms with Gasteiger partial charge in [0.25, 0.3) is 0 Å². The number of nitrogens with one attached hydrogen (secondary N) is 1. The van der Waals surface area contributed by atoms with Gasteiger partial charge in [-0.2, -0.15) is 0 Å². The highest BCUT2D eigenvalue weighted by atomic mass is 16.5. The molecule has 2 saturated heterocycles. The van der Waals surface area contributed by atoms with Gasteiger partial charge in [0.2, 0.25) is 0 Å². The van der Waals surface area contributed by atoms with Crippen LogP contribution in [0.25, 0.3) is 0 Å². The number of hydrogen-bond donors (Lipinski definition) is 1. The number of hydrogen-bond acceptors (Lipinski definition) is 3. The van der Waals surface area contributed by atoms with Crippen LogP contribution in [-0.2, 0) is 4.74 Å². The molecule has 2 fully saturated rings. The number of piperidine rings is 2. The van der Waals surface area contributed by atoms with Crippen LogP contribution in [0.15, 0.2) is 24.3 Å². The van der Waals surface area contributed by atoms with Gasteiger partial charge in [0.1, 0.15) is 12.4 Å². The van der Waals surface area contributed by atoms with Crippen molar-refractivity contribution in [2.75, 3.05) is 19.7 Å². The van der Waals surface area contributed by atoms with Crippen molar-refractivity contribution in [1.29, 1.82) is 0 Å². The van der Waals surface area contributed by atoms with E-state index in [4.69, 9.17) is 9.47 Å². The Bertz CT molecular complexity index is 538. The van der Waals surface area contributed by atoms with Gasteiger partial charge < -0.3 is 14.4 Å². The Morgan fingerprint density at radius 3 is 2.62 bits per heavy atom.